The second kappa shape index (κ2) is 7.98. The van der Waals surface area contributed by atoms with Gasteiger partial charge in [0, 0.05) is 24.2 Å². The number of Topliss-reactive ketones (excluding diaryl/α,β-unsaturated/α-hetero) is 1. The monoisotopic (exact) mass is 394 g/mol. The quantitative estimate of drug-likeness (QED) is 0.705. The summed E-state index contributed by atoms with van der Waals surface area (Å²) in [5, 5.41) is 6.01. The number of nitrogens with zero attached hydrogens (tertiary/aromatic N) is 2. The number of rotatable bonds is 6. The Morgan fingerprint density at radius 1 is 1.07 bits per heavy atom. The van der Waals surface area contributed by atoms with Crippen LogP contribution >= 0.6 is 0 Å². The number of likely N-dealkylation sites (tertiary alicyclic amines) is 1. The van der Waals surface area contributed by atoms with Crippen LogP contribution in [0.15, 0.2) is 36.5 Å². The number of carbonyl (C=O) groups is 4. The van der Waals surface area contributed by atoms with E-state index in [0.29, 0.717) is 35.9 Å². The van der Waals surface area contributed by atoms with E-state index in [1.807, 2.05) is 18.2 Å². The van der Waals surface area contributed by atoms with Crippen LogP contribution < -0.4 is 10.6 Å². The molecule has 8 nitrogen and oxygen atoms in total. The van der Waals surface area contributed by atoms with Crippen LogP contribution in [0.3, 0.4) is 0 Å². The van der Waals surface area contributed by atoms with Gasteiger partial charge in [-0.3, -0.25) is 24.2 Å². The van der Waals surface area contributed by atoms with Crippen molar-refractivity contribution < 1.29 is 19.2 Å². The summed E-state index contributed by atoms with van der Waals surface area (Å²) in [7, 11) is 0. The number of pyridine rings is 1. The highest BCUT2D eigenvalue weighted by molar-refractivity contribution is 6.38. The van der Waals surface area contributed by atoms with Crippen LogP contribution in [0, 0.1) is 0 Å². The first kappa shape index (κ1) is 19.0. The first-order valence-corrected chi connectivity index (χ1v) is 9.80. The molecule has 1 aromatic carbocycles. The molecule has 29 heavy (non-hydrogen) atoms. The van der Waals surface area contributed by atoms with Crippen molar-refractivity contribution in [3.8, 4) is 0 Å². The number of aromatic nitrogens is 1. The van der Waals surface area contributed by atoms with Crippen molar-refractivity contribution in [3.05, 3.63) is 42.1 Å². The van der Waals surface area contributed by atoms with Gasteiger partial charge in [-0.1, -0.05) is 18.2 Å². The smallest absolute Gasteiger partial charge is 0.289 e. The molecule has 2 fully saturated rings. The van der Waals surface area contributed by atoms with E-state index >= 15 is 0 Å². The van der Waals surface area contributed by atoms with Gasteiger partial charge >= 0.3 is 0 Å². The number of benzene rings is 1. The van der Waals surface area contributed by atoms with Gasteiger partial charge in [0.25, 0.3) is 11.8 Å². The number of amides is 3. The SMILES string of the molecule is O=C(NC1CC1)C(=O)C1CCCN1C(=O)CNC(=O)c1ccnc2ccccc12. The molecule has 150 valence electrons. The fraction of sp³-hybridized carbons (Fsp3) is 0.381. The standard InChI is InChI=1S/C21H22N4O4/c26-18(25-11-3-6-17(25)19(27)21(29)24-13-7-8-13)12-23-20(28)15-9-10-22-16-5-2-1-4-14(15)16/h1-2,4-5,9-10,13,17H,3,6-8,11-12H2,(H,23,28)(H,24,29). The molecule has 1 saturated carbocycles. The summed E-state index contributed by atoms with van der Waals surface area (Å²) in [6.07, 6.45) is 4.45. The van der Waals surface area contributed by atoms with Gasteiger partial charge in [-0.25, -0.2) is 0 Å². The van der Waals surface area contributed by atoms with Crippen molar-refractivity contribution in [2.24, 2.45) is 0 Å². The fourth-order valence-corrected chi connectivity index (χ4v) is 3.62. The van der Waals surface area contributed by atoms with Crippen LogP contribution in [-0.4, -0.2) is 58.6 Å². The third kappa shape index (κ3) is 4.11. The molecule has 4 rings (SSSR count). The van der Waals surface area contributed by atoms with Crippen molar-refractivity contribution in [2.75, 3.05) is 13.1 Å². The predicted molar refractivity (Wildman–Crippen MR) is 105 cm³/mol. The molecule has 2 heterocycles. The molecule has 2 N–H and O–H groups in total. The number of carbonyl (C=O) groups excluding carboxylic acids is 4. The van der Waals surface area contributed by atoms with Crippen molar-refractivity contribution in [1.29, 1.82) is 0 Å². The number of nitrogens with one attached hydrogen (secondary N) is 2. The van der Waals surface area contributed by atoms with E-state index in [1.54, 1.807) is 18.3 Å². The molecule has 0 spiro atoms. The minimum absolute atomic E-state index is 0.0893. The summed E-state index contributed by atoms with van der Waals surface area (Å²) in [5.74, 6) is -1.95. The second-order valence-electron chi connectivity index (χ2n) is 7.42. The van der Waals surface area contributed by atoms with Crippen molar-refractivity contribution in [2.45, 2.75) is 37.8 Å². The third-order valence-corrected chi connectivity index (χ3v) is 5.31. The third-order valence-electron chi connectivity index (χ3n) is 5.31. The van der Waals surface area contributed by atoms with Crippen LogP contribution in [-0.2, 0) is 14.4 Å². The van der Waals surface area contributed by atoms with Gasteiger partial charge in [0.15, 0.2) is 0 Å². The maximum absolute atomic E-state index is 12.6. The van der Waals surface area contributed by atoms with Crippen LogP contribution in [0.1, 0.15) is 36.0 Å². The lowest BCUT2D eigenvalue weighted by atomic mass is 10.1. The van der Waals surface area contributed by atoms with E-state index in [1.165, 1.54) is 4.90 Å². The van der Waals surface area contributed by atoms with Crippen LogP contribution in [0.25, 0.3) is 10.9 Å². The van der Waals surface area contributed by atoms with Crippen LogP contribution in [0.5, 0.6) is 0 Å². The number of ketones is 1. The minimum Gasteiger partial charge on any atom is -0.347 e. The first-order chi connectivity index (χ1) is 14.0. The second-order valence-corrected chi connectivity index (χ2v) is 7.42. The highest BCUT2D eigenvalue weighted by atomic mass is 16.2. The minimum atomic E-state index is -0.750. The van der Waals surface area contributed by atoms with E-state index in [2.05, 4.69) is 15.6 Å². The zero-order chi connectivity index (χ0) is 20.4. The molecular formula is C21H22N4O4. The maximum Gasteiger partial charge on any atom is 0.289 e. The van der Waals surface area contributed by atoms with E-state index in [0.717, 1.165) is 12.8 Å². The Balaban J connectivity index is 1.38. The molecule has 2 aliphatic rings. The van der Waals surface area contributed by atoms with Crippen molar-refractivity contribution >= 4 is 34.4 Å². The Bertz CT molecular complexity index is 980. The van der Waals surface area contributed by atoms with Gasteiger partial charge < -0.3 is 15.5 Å². The molecule has 1 aliphatic heterocycles. The van der Waals surface area contributed by atoms with Crippen molar-refractivity contribution in [1.82, 2.24) is 20.5 Å². The lowest BCUT2D eigenvalue weighted by Crippen LogP contribution is -2.49. The van der Waals surface area contributed by atoms with Crippen LogP contribution in [0.4, 0.5) is 0 Å². The normalized spacial score (nSPS) is 18.5. The number of para-hydroxylation sites is 1. The fourth-order valence-electron chi connectivity index (χ4n) is 3.62. The van der Waals surface area contributed by atoms with E-state index < -0.39 is 17.7 Å². The Kier molecular flexibility index (Phi) is 5.24. The Labute approximate surface area is 167 Å². The first-order valence-electron chi connectivity index (χ1n) is 9.80. The summed E-state index contributed by atoms with van der Waals surface area (Å²) in [5.41, 5.74) is 1.12. The summed E-state index contributed by atoms with van der Waals surface area (Å²) in [6, 6.07) is 8.21. The maximum atomic E-state index is 12.6. The van der Waals surface area contributed by atoms with Gasteiger partial charge in [0.05, 0.1) is 17.6 Å². The molecule has 1 unspecified atom stereocenters. The van der Waals surface area contributed by atoms with E-state index in [4.69, 9.17) is 0 Å². The Hall–Kier alpha value is -3.29. The van der Waals surface area contributed by atoms with Gasteiger partial charge in [-0.2, -0.15) is 0 Å². The van der Waals surface area contributed by atoms with Gasteiger partial charge in [0.2, 0.25) is 11.7 Å². The summed E-state index contributed by atoms with van der Waals surface area (Å²) >= 11 is 0. The van der Waals surface area contributed by atoms with Crippen LogP contribution in [0.2, 0.25) is 0 Å². The lowest BCUT2D eigenvalue weighted by Gasteiger charge is -2.23. The summed E-state index contributed by atoms with van der Waals surface area (Å²) in [6.45, 7) is 0.170. The van der Waals surface area contributed by atoms with E-state index in [-0.39, 0.29) is 24.4 Å². The molecule has 1 aliphatic carbocycles. The predicted octanol–water partition coefficient (Wildman–Crippen LogP) is 0.803. The topological polar surface area (TPSA) is 108 Å². The summed E-state index contributed by atoms with van der Waals surface area (Å²) < 4.78 is 0. The zero-order valence-corrected chi connectivity index (χ0v) is 15.9. The average Bonchev–Trinajstić information content (AvgIpc) is 3.42. The molecule has 0 bridgehead atoms. The Morgan fingerprint density at radius 2 is 1.86 bits per heavy atom. The molecular weight excluding hydrogens is 372 g/mol. The molecule has 1 aromatic heterocycles. The zero-order valence-electron chi connectivity index (χ0n) is 15.9. The van der Waals surface area contributed by atoms with Gasteiger partial charge in [-0.05, 0) is 37.8 Å². The van der Waals surface area contributed by atoms with Crippen molar-refractivity contribution in [3.63, 3.8) is 0 Å². The molecule has 1 saturated heterocycles. The molecule has 8 heteroatoms. The number of hydrogen-bond acceptors (Lipinski definition) is 5. The lowest BCUT2D eigenvalue weighted by molar-refractivity contribution is -0.144. The number of hydrogen-bond donors (Lipinski definition) is 2. The highest BCUT2D eigenvalue weighted by Crippen LogP contribution is 2.21. The molecule has 1 atom stereocenters. The summed E-state index contributed by atoms with van der Waals surface area (Å²) in [4.78, 5) is 55.3. The highest BCUT2D eigenvalue weighted by Gasteiger charge is 2.38. The number of fused-ring (bicyclic) bond motifs is 1. The molecule has 0 radical (unpaired) electrons. The molecule has 3 amide bonds. The Morgan fingerprint density at radius 3 is 2.66 bits per heavy atom. The van der Waals surface area contributed by atoms with Gasteiger partial charge in [0.1, 0.15) is 6.04 Å². The van der Waals surface area contributed by atoms with Gasteiger partial charge in [-0.15, -0.1) is 0 Å². The molecule has 2 aromatic rings. The largest absolute Gasteiger partial charge is 0.347 e. The average molecular weight is 394 g/mol. The van der Waals surface area contributed by atoms with E-state index in [9.17, 15) is 19.2 Å².